The van der Waals surface area contributed by atoms with Crippen molar-refractivity contribution >= 4 is 31.4 Å². The van der Waals surface area contributed by atoms with Crippen LogP contribution in [0.25, 0.3) is 0 Å². The third-order valence-corrected chi connectivity index (χ3v) is 2.47. The van der Waals surface area contributed by atoms with Crippen LogP contribution in [-0.2, 0) is 11.0 Å². The Kier molecular flexibility index (Phi) is 9.59. The molecule has 0 aromatic heterocycles. The van der Waals surface area contributed by atoms with Crippen LogP contribution in [0.2, 0.25) is 19.6 Å². The molecule has 1 rings (SSSR count). The summed E-state index contributed by atoms with van der Waals surface area (Å²) in [6.07, 6.45) is 0. The zero-order valence-electron chi connectivity index (χ0n) is 9.01. The van der Waals surface area contributed by atoms with Gasteiger partial charge in [0.25, 0.3) is 0 Å². The molecule has 0 spiro atoms. The third kappa shape index (κ3) is 7.99. The van der Waals surface area contributed by atoms with Crippen molar-refractivity contribution in [3.05, 3.63) is 35.9 Å². The molecule has 0 aliphatic rings. The fourth-order valence-corrected chi connectivity index (χ4v) is 1.42. The molecule has 0 radical (unpaired) electrons. The van der Waals surface area contributed by atoms with E-state index in [0.29, 0.717) is 0 Å². The van der Waals surface area contributed by atoms with Gasteiger partial charge in [-0.3, -0.25) is 0 Å². The molecular formula is C10H15BrMgOSi. The molecule has 0 unspecified atom stereocenters. The average Bonchev–Trinajstić information content (AvgIpc) is 2.02. The first-order chi connectivity index (χ1) is 5.58. The topological polar surface area (TPSA) is 9.23 Å². The van der Waals surface area contributed by atoms with Gasteiger partial charge in [-0.05, 0) is 19.6 Å². The molecule has 74 valence electrons. The summed E-state index contributed by atoms with van der Waals surface area (Å²) in [5, 5.41) is 0. The first-order valence-corrected chi connectivity index (χ1v) is 7.58. The molecule has 0 bridgehead atoms. The van der Waals surface area contributed by atoms with Crippen LogP contribution in [0.15, 0.2) is 24.3 Å². The van der Waals surface area contributed by atoms with E-state index in [1.165, 1.54) is 5.56 Å². The molecule has 14 heavy (non-hydrogen) atoms. The van der Waals surface area contributed by atoms with Crippen molar-refractivity contribution in [2.24, 2.45) is 0 Å². The second-order valence-electron chi connectivity index (χ2n) is 3.81. The van der Waals surface area contributed by atoms with E-state index in [2.05, 4.69) is 25.7 Å². The molecule has 0 fully saturated rings. The Hall–Kier alpha value is 0.643. The Bertz CT molecular complexity index is 236. The van der Waals surface area contributed by atoms with Gasteiger partial charge in [-0.15, -0.1) is 5.56 Å². The van der Waals surface area contributed by atoms with Crippen LogP contribution >= 0.6 is 0 Å². The van der Waals surface area contributed by atoms with Crippen molar-refractivity contribution in [2.45, 2.75) is 26.2 Å². The van der Waals surface area contributed by atoms with E-state index in [1.807, 2.05) is 24.3 Å². The SMILES string of the molecule is C[Si](C)(C)OCc1cc[c-]cc1.[Br-].[Mg+2]. The van der Waals surface area contributed by atoms with E-state index in [1.54, 1.807) is 0 Å². The van der Waals surface area contributed by atoms with E-state index in [-0.39, 0.29) is 40.0 Å². The molecular weight excluding hydrogens is 268 g/mol. The fraction of sp³-hybridized carbons (Fsp3) is 0.400. The first kappa shape index (κ1) is 17.1. The second-order valence-corrected chi connectivity index (χ2v) is 8.32. The molecule has 1 nitrogen and oxygen atoms in total. The van der Waals surface area contributed by atoms with Gasteiger partial charge in [0.05, 0.1) is 0 Å². The monoisotopic (exact) mass is 282 g/mol. The van der Waals surface area contributed by atoms with Crippen LogP contribution in [0.4, 0.5) is 0 Å². The normalized spacial score (nSPS) is 9.93. The molecule has 0 saturated heterocycles. The number of hydrogen-bond acceptors (Lipinski definition) is 1. The minimum Gasteiger partial charge on any atom is -1.00 e. The second kappa shape index (κ2) is 7.87. The van der Waals surface area contributed by atoms with Gasteiger partial charge in [0, 0.05) is 6.61 Å². The number of rotatable bonds is 3. The van der Waals surface area contributed by atoms with Crippen LogP contribution in [-0.4, -0.2) is 31.4 Å². The van der Waals surface area contributed by atoms with Crippen molar-refractivity contribution in [1.82, 2.24) is 0 Å². The van der Waals surface area contributed by atoms with E-state index < -0.39 is 8.32 Å². The summed E-state index contributed by atoms with van der Waals surface area (Å²) in [5.41, 5.74) is 1.23. The maximum Gasteiger partial charge on any atom is 2.00 e. The van der Waals surface area contributed by atoms with Gasteiger partial charge in [0.2, 0.25) is 0 Å². The third-order valence-electron chi connectivity index (χ3n) is 1.46. The van der Waals surface area contributed by atoms with E-state index in [0.717, 1.165) is 6.61 Å². The molecule has 1 aromatic carbocycles. The average molecular weight is 284 g/mol. The van der Waals surface area contributed by atoms with E-state index in [9.17, 15) is 0 Å². The minimum absolute atomic E-state index is 0. The first-order valence-electron chi connectivity index (χ1n) is 4.17. The molecule has 0 heterocycles. The van der Waals surface area contributed by atoms with Crippen molar-refractivity contribution in [3.8, 4) is 0 Å². The van der Waals surface area contributed by atoms with Gasteiger partial charge < -0.3 is 21.4 Å². The summed E-state index contributed by atoms with van der Waals surface area (Å²) in [6.45, 7) is 7.33. The summed E-state index contributed by atoms with van der Waals surface area (Å²) in [4.78, 5) is 0. The van der Waals surface area contributed by atoms with Crippen LogP contribution in [0, 0.1) is 6.07 Å². The Balaban J connectivity index is 0. The van der Waals surface area contributed by atoms with Crippen LogP contribution in [0.1, 0.15) is 5.56 Å². The molecule has 0 aliphatic heterocycles. The Morgan fingerprint density at radius 1 is 1.21 bits per heavy atom. The smallest absolute Gasteiger partial charge is 1.00 e. The van der Waals surface area contributed by atoms with Gasteiger partial charge in [0.1, 0.15) is 0 Å². The number of benzene rings is 1. The van der Waals surface area contributed by atoms with Gasteiger partial charge >= 0.3 is 23.1 Å². The van der Waals surface area contributed by atoms with Crippen molar-refractivity contribution < 1.29 is 21.4 Å². The number of halogens is 1. The molecule has 0 saturated carbocycles. The standard InChI is InChI=1S/C10H15OSi.BrH.Mg/c1-12(2,3)11-9-10-7-5-4-6-8-10;;/h5-8H,9H2,1-3H3;1H;/q-1;;+2/p-1. The number of hydrogen-bond donors (Lipinski definition) is 0. The Morgan fingerprint density at radius 3 is 2.14 bits per heavy atom. The predicted octanol–water partition coefficient (Wildman–Crippen LogP) is -0.539. The largest absolute Gasteiger partial charge is 2.00 e. The summed E-state index contributed by atoms with van der Waals surface area (Å²) in [7, 11) is -1.35. The quantitative estimate of drug-likeness (QED) is 0.535. The van der Waals surface area contributed by atoms with Crippen molar-refractivity contribution in [3.63, 3.8) is 0 Å². The summed E-state index contributed by atoms with van der Waals surface area (Å²) >= 11 is 0. The van der Waals surface area contributed by atoms with Gasteiger partial charge in [-0.1, -0.05) is 0 Å². The van der Waals surface area contributed by atoms with Crippen molar-refractivity contribution in [2.75, 3.05) is 0 Å². The summed E-state index contributed by atoms with van der Waals surface area (Å²) in [5.74, 6) is 0. The van der Waals surface area contributed by atoms with Gasteiger partial charge in [0.15, 0.2) is 8.32 Å². The molecule has 0 N–H and O–H groups in total. The maximum atomic E-state index is 5.74. The summed E-state index contributed by atoms with van der Waals surface area (Å²) < 4.78 is 5.74. The van der Waals surface area contributed by atoms with Crippen LogP contribution in [0.5, 0.6) is 0 Å². The van der Waals surface area contributed by atoms with E-state index >= 15 is 0 Å². The van der Waals surface area contributed by atoms with Crippen molar-refractivity contribution in [1.29, 1.82) is 0 Å². The van der Waals surface area contributed by atoms with Gasteiger partial charge in [-0.25, -0.2) is 0 Å². The van der Waals surface area contributed by atoms with Crippen LogP contribution < -0.4 is 17.0 Å². The minimum atomic E-state index is -1.35. The van der Waals surface area contributed by atoms with Crippen LogP contribution in [0.3, 0.4) is 0 Å². The predicted molar refractivity (Wildman–Crippen MR) is 59.2 cm³/mol. The zero-order valence-corrected chi connectivity index (χ0v) is 13.0. The molecule has 0 atom stereocenters. The zero-order chi connectivity index (χ0) is 9.03. The molecule has 0 amide bonds. The van der Waals surface area contributed by atoms with E-state index in [4.69, 9.17) is 4.43 Å². The fourth-order valence-electron chi connectivity index (χ4n) is 0.817. The molecule has 1 aromatic rings. The molecule has 4 heteroatoms. The molecule has 0 aliphatic carbocycles. The van der Waals surface area contributed by atoms with Gasteiger partial charge in [-0.2, -0.15) is 30.3 Å². The maximum absolute atomic E-state index is 5.74. The Morgan fingerprint density at radius 2 is 1.71 bits per heavy atom. The summed E-state index contributed by atoms with van der Waals surface area (Å²) in [6, 6.07) is 10.9. The Labute approximate surface area is 114 Å².